The number of nitrogens with zero attached hydrogens (tertiary/aromatic N) is 1. The van der Waals surface area contributed by atoms with E-state index in [0.717, 1.165) is 12.1 Å². The standard InChI is InChI=1S/C13H9Cl2N3O5/c14-8-2-1-5(18(22)23)3-6(8)9-7(4-19)11(15)17-12(16)10(9)13(20)21/h1-4,9,17H,16H2,(H,20,21)/t9-/m0/s1. The summed E-state index contributed by atoms with van der Waals surface area (Å²) in [7, 11) is 0. The van der Waals surface area contributed by atoms with Gasteiger partial charge in [0.2, 0.25) is 0 Å². The number of carboxylic acids is 1. The SMILES string of the molecule is NC1=C(C(=O)O)[C@@H](c2cc([N+](=O)[O-])ccc2Cl)C(C=O)=C(Cl)N1. The summed E-state index contributed by atoms with van der Waals surface area (Å²) >= 11 is 11.9. The van der Waals surface area contributed by atoms with Crippen LogP contribution < -0.4 is 11.1 Å². The summed E-state index contributed by atoms with van der Waals surface area (Å²) in [6.07, 6.45) is 0.352. The molecule has 120 valence electrons. The van der Waals surface area contributed by atoms with Crippen LogP contribution in [0.4, 0.5) is 5.69 Å². The third-order valence-corrected chi connectivity index (χ3v) is 3.90. The van der Waals surface area contributed by atoms with Crippen LogP contribution in [-0.4, -0.2) is 22.3 Å². The predicted molar refractivity (Wildman–Crippen MR) is 81.8 cm³/mol. The highest BCUT2D eigenvalue weighted by atomic mass is 35.5. The molecule has 0 amide bonds. The van der Waals surface area contributed by atoms with E-state index in [0.29, 0.717) is 6.29 Å². The van der Waals surface area contributed by atoms with E-state index in [4.69, 9.17) is 28.9 Å². The van der Waals surface area contributed by atoms with Crippen LogP contribution in [0.25, 0.3) is 0 Å². The summed E-state index contributed by atoms with van der Waals surface area (Å²) < 4.78 is 0. The number of allylic oxidation sites excluding steroid dienone is 1. The molecule has 2 rings (SSSR count). The lowest BCUT2D eigenvalue weighted by Crippen LogP contribution is -2.32. The number of nitro benzene ring substituents is 1. The number of carbonyl (C=O) groups is 2. The second-order valence-corrected chi connectivity index (χ2v) is 5.33. The molecule has 1 aliphatic heterocycles. The maximum absolute atomic E-state index is 11.5. The lowest BCUT2D eigenvalue weighted by atomic mass is 9.83. The van der Waals surface area contributed by atoms with E-state index >= 15 is 0 Å². The first-order valence-corrected chi connectivity index (χ1v) is 6.82. The molecular weight excluding hydrogens is 349 g/mol. The van der Waals surface area contributed by atoms with Crippen LogP contribution in [0, 0.1) is 10.1 Å². The topological polar surface area (TPSA) is 136 Å². The van der Waals surface area contributed by atoms with E-state index < -0.39 is 16.8 Å². The summed E-state index contributed by atoms with van der Waals surface area (Å²) in [5, 5.41) is 22.6. The predicted octanol–water partition coefficient (Wildman–Crippen LogP) is 1.84. The number of carbonyl (C=O) groups excluding carboxylic acids is 1. The molecule has 0 saturated carbocycles. The average Bonchev–Trinajstić information content (AvgIpc) is 2.46. The zero-order valence-corrected chi connectivity index (χ0v) is 12.8. The molecular formula is C13H9Cl2N3O5. The number of non-ortho nitro benzene ring substituents is 1. The van der Waals surface area contributed by atoms with Crippen molar-refractivity contribution >= 4 is 41.1 Å². The molecule has 8 nitrogen and oxygen atoms in total. The van der Waals surface area contributed by atoms with Crippen LogP contribution in [-0.2, 0) is 9.59 Å². The minimum absolute atomic E-state index is 0.0397. The summed E-state index contributed by atoms with van der Waals surface area (Å²) in [5.41, 5.74) is 4.86. The highest BCUT2D eigenvalue weighted by Crippen LogP contribution is 2.41. The van der Waals surface area contributed by atoms with Crippen molar-refractivity contribution in [3.8, 4) is 0 Å². The number of carboxylic acid groups (broad SMARTS) is 1. The molecule has 0 unspecified atom stereocenters. The quantitative estimate of drug-likeness (QED) is 0.323. The minimum Gasteiger partial charge on any atom is -0.478 e. The Bertz CT molecular complexity index is 788. The third-order valence-electron chi connectivity index (χ3n) is 3.25. The third kappa shape index (κ3) is 2.99. The highest BCUT2D eigenvalue weighted by molar-refractivity contribution is 6.32. The molecule has 0 saturated heterocycles. The first-order valence-electron chi connectivity index (χ1n) is 6.06. The Kier molecular flexibility index (Phi) is 4.57. The molecule has 0 bridgehead atoms. The van der Waals surface area contributed by atoms with E-state index in [1.807, 2.05) is 0 Å². The van der Waals surface area contributed by atoms with Gasteiger partial charge in [-0.25, -0.2) is 4.79 Å². The maximum atomic E-state index is 11.5. The molecule has 1 atom stereocenters. The van der Waals surface area contributed by atoms with Crippen LogP contribution in [0.5, 0.6) is 0 Å². The van der Waals surface area contributed by atoms with E-state index in [9.17, 15) is 24.8 Å². The van der Waals surface area contributed by atoms with Gasteiger partial charge in [-0.15, -0.1) is 0 Å². The van der Waals surface area contributed by atoms with Gasteiger partial charge in [0.05, 0.1) is 16.4 Å². The second kappa shape index (κ2) is 6.27. The van der Waals surface area contributed by atoms with Crippen molar-refractivity contribution in [2.45, 2.75) is 5.92 Å². The van der Waals surface area contributed by atoms with Gasteiger partial charge >= 0.3 is 5.97 Å². The molecule has 4 N–H and O–H groups in total. The fraction of sp³-hybridized carbons (Fsp3) is 0.0769. The number of hydrogen-bond donors (Lipinski definition) is 3. The van der Waals surface area contributed by atoms with Gasteiger partial charge in [0.25, 0.3) is 5.69 Å². The molecule has 0 aromatic heterocycles. The Balaban J connectivity index is 2.76. The van der Waals surface area contributed by atoms with Crippen LogP contribution in [0.1, 0.15) is 11.5 Å². The summed E-state index contributed by atoms with van der Waals surface area (Å²) in [5.74, 6) is -2.92. The first kappa shape index (κ1) is 16.8. The molecule has 0 fully saturated rings. The van der Waals surface area contributed by atoms with Crippen LogP contribution >= 0.6 is 23.2 Å². The molecule has 10 heteroatoms. The monoisotopic (exact) mass is 357 g/mol. The van der Waals surface area contributed by atoms with Gasteiger partial charge in [-0.2, -0.15) is 0 Å². The zero-order valence-electron chi connectivity index (χ0n) is 11.2. The zero-order chi connectivity index (χ0) is 17.3. The number of halogens is 2. The number of aldehydes is 1. The van der Waals surface area contributed by atoms with E-state index in [1.54, 1.807) is 0 Å². The molecule has 1 aromatic carbocycles. The van der Waals surface area contributed by atoms with Crippen molar-refractivity contribution in [2.75, 3.05) is 0 Å². The smallest absolute Gasteiger partial charge is 0.336 e. The van der Waals surface area contributed by atoms with Crippen molar-refractivity contribution < 1.29 is 19.6 Å². The molecule has 23 heavy (non-hydrogen) atoms. The van der Waals surface area contributed by atoms with Gasteiger partial charge in [0.1, 0.15) is 17.3 Å². The number of nitrogens with two attached hydrogens (primary N) is 1. The van der Waals surface area contributed by atoms with Crippen molar-refractivity contribution in [1.82, 2.24) is 5.32 Å². The van der Waals surface area contributed by atoms with Crippen LogP contribution in [0.3, 0.4) is 0 Å². The molecule has 0 radical (unpaired) electrons. The van der Waals surface area contributed by atoms with Crippen molar-refractivity contribution in [3.05, 3.63) is 61.0 Å². The number of nitro groups is 1. The number of dihydropyridines is 1. The second-order valence-electron chi connectivity index (χ2n) is 4.54. The molecule has 1 aromatic rings. The number of nitrogens with one attached hydrogen (secondary N) is 1. The van der Waals surface area contributed by atoms with Crippen molar-refractivity contribution in [3.63, 3.8) is 0 Å². The Hall–Kier alpha value is -2.58. The summed E-state index contributed by atoms with van der Waals surface area (Å²) in [6, 6.07) is 3.48. The first-order chi connectivity index (χ1) is 10.8. The molecule has 1 heterocycles. The van der Waals surface area contributed by atoms with Crippen LogP contribution in [0.2, 0.25) is 5.02 Å². The van der Waals surface area contributed by atoms with Gasteiger partial charge in [0.15, 0.2) is 0 Å². The van der Waals surface area contributed by atoms with E-state index in [2.05, 4.69) is 5.32 Å². The normalized spacial score (nSPS) is 17.7. The lowest BCUT2D eigenvalue weighted by Gasteiger charge is -2.27. The van der Waals surface area contributed by atoms with Gasteiger partial charge < -0.3 is 16.2 Å². The molecule has 1 aliphatic rings. The van der Waals surface area contributed by atoms with E-state index in [1.165, 1.54) is 6.07 Å². The van der Waals surface area contributed by atoms with Crippen molar-refractivity contribution in [2.24, 2.45) is 5.73 Å². The lowest BCUT2D eigenvalue weighted by molar-refractivity contribution is -0.384. The molecule has 0 spiro atoms. The Morgan fingerprint density at radius 1 is 1.43 bits per heavy atom. The fourth-order valence-corrected chi connectivity index (χ4v) is 2.72. The Morgan fingerprint density at radius 2 is 2.09 bits per heavy atom. The number of benzene rings is 1. The van der Waals surface area contributed by atoms with E-state index in [-0.39, 0.29) is 38.4 Å². The summed E-state index contributed by atoms with van der Waals surface area (Å²) in [6.45, 7) is 0. The summed E-state index contributed by atoms with van der Waals surface area (Å²) in [4.78, 5) is 33.1. The van der Waals surface area contributed by atoms with Gasteiger partial charge in [-0.3, -0.25) is 14.9 Å². The van der Waals surface area contributed by atoms with Gasteiger partial charge in [0, 0.05) is 22.7 Å². The number of aliphatic carboxylic acids is 1. The molecule has 0 aliphatic carbocycles. The van der Waals surface area contributed by atoms with Gasteiger partial charge in [-0.1, -0.05) is 23.2 Å². The maximum Gasteiger partial charge on any atom is 0.336 e. The average molecular weight is 358 g/mol. The van der Waals surface area contributed by atoms with Crippen LogP contribution in [0.15, 0.2) is 40.3 Å². The number of rotatable bonds is 4. The highest BCUT2D eigenvalue weighted by Gasteiger charge is 2.36. The number of hydrogen-bond acceptors (Lipinski definition) is 6. The fourth-order valence-electron chi connectivity index (χ4n) is 2.24. The Labute approximate surface area is 139 Å². The van der Waals surface area contributed by atoms with Gasteiger partial charge in [-0.05, 0) is 11.6 Å². The Morgan fingerprint density at radius 3 is 2.61 bits per heavy atom. The largest absolute Gasteiger partial charge is 0.478 e. The minimum atomic E-state index is -1.41. The van der Waals surface area contributed by atoms with Crippen molar-refractivity contribution in [1.29, 1.82) is 0 Å².